The number of benzene rings is 2. The van der Waals surface area contributed by atoms with E-state index in [1.54, 1.807) is 9.80 Å². The minimum absolute atomic E-state index is 0.0546. The highest BCUT2D eigenvalue weighted by molar-refractivity contribution is 6.01. The zero-order valence-corrected chi connectivity index (χ0v) is 18.5. The number of anilines is 2. The molecule has 1 N–H and O–H groups in total. The number of urea groups is 1. The van der Waals surface area contributed by atoms with Gasteiger partial charge in [-0.25, -0.2) is 13.6 Å². The van der Waals surface area contributed by atoms with Gasteiger partial charge in [-0.3, -0.25) is 9.69 Å². The van der Waals surface area contributed by atoms with Gasteiger partial charge in [0.05, 0.1) is 17.9 Å². The molecule has 3 amide bonds. The monoisotopic (exact) mass is 429 g/mol. The smallest absolute Gasteiger partial charge is 0.324 e. The van der Waals surface area contributed by atoms with Gasteiger partial charge in [-0.1, -0.05) is 32.9 Å². The van der Waals surface area contributed by atoms with Crippen LogP contribution in [0.4, 0.5) is 25.0 Å². The van der Waals surface area contributed by atoms with Gasteiger partial charge in [0.15, 0.2) is 0 Å². The number of amides is 3. The number of hydrogen-bond acceptors (Lipinski definition) is 2. The number of carbonyl (C=O) groups is 2. The number of aryl methyl sites for hydroxylation is 1. The van der Waals surface area contributed by atoms with E-state index in [0.29, 0.717) is 37.3 Å². The Morgan fingerprint density at radius 1 is 1.10 bits per heavy atom. The summed E-state index contributed by atoms with van der Waals surface area (Å²) in [5.41, 5.74) is 2.26. The Balaban J connectivity index is 1.83. The molecule has 7 heteroatoms. The van der Waals surface area contributed by atoms with Crippen molar-refractivity contribution in [2.45, 2.75) is 47.1 Å². The minimum Gasteiger partial charge on any atom is -0.324 e. The van der Waals surface area contributed by atoms with E-state index in [1.165, 1.54) is 12.1 Å². The maximum atomic E-state index is 14.1. The highest BCUT2D eigenvalue weighted by Gasteiger charge is 2.29. The van der Waals surface area contributed by atoms with Crippen molar-refractivity contribution in [2.75, 3.05) is 23.3 Å². The van der Waals surface area contributed by atoms with E-state index in [2.05, 4.69) is 5.32 Å². The van der Waals surface area contributed by atoms with Crippen LogP contribution in [0, 0.1) is 24.0 Å². The number of nitrogens with one attached hydrogen (secondary N) is 1. The number of rotatable bonds is 5. The molecule has 0 bridgehead atoms. The minimum atomic E-state index is -0.671. The van der Waals surface area contributed by atoms with E-state index >= 15 is 0 Å². The van der Waals surface area contributed by atoms with Gasteiger partial charge in [0.2, 0.25) is 5.91 Å². The second kappa shape index (κ2) is 9.04. The zero-order chi connectivity index (χ0) is 22.8. The third-order valence-corrected chi connectivity index (χ3v) is 5.10. The molecule has 31 heavy (non-hydrogen) atoms. The van der Waals surface area contributed by atoms with Gasteiger partial charge in [-0.15, -0.1) is 0 Å². The molecule has 1 aliphatic heterocycles. The Kier molecular flexibility index (Phi) is 6.62. The first-order valence-corrected chi connectivity index (χ1v) is 10.4. The molecule has 0 unspecified atom stereocenters. The molecule has 1 saturated heterocycles. The van der Waals surface area contributed by atoms with E-state index in [9.17, 15) is 18.4 Å². The summed E-state index contributed by atoms with van der Waals surface area (Å²) in [6.07, 6.45) is 1.04. The summed E-state index contributed by atoms with van der Waals surface area (Å²) in [5, 5.41) is 2.95. The van der Waals surface area contributed by atoms with Gasteiger partial charge in [-0.2, -0.15) is 0 Å². The molecule has 0 aliphatic carbocycles. The Morgan fingerprint density at radius 2 is 1.84 bits per heavy atom. The number of hydrogen-bond donors (Lipinski definition) is 1. The van der Waals surface area contributed by atoms with Crippen LogP contribution in [0.2, 0.25) is 0 Å². The van der Waals surface area contributed by atoms with Crippen molar-refractivity contribution in [1.82, 2.24) is 4.90 Å². The van der Waals surface area contributed by atoms with Crippen molar-refractivity contribution in [3.05, 3.63) is 59.2 Å². The molecule has 2 aromatic rings. The molecular weight excluding hydrogens is 400 g/mol. The second-order valence-corrected chi connectivity index (χ2v) is 9.25. The number of carbonyl (C=O) groups excluding carboxylic acids is 2. The summed E-state index contributed by atoms with van der Waals surface area (Å²) >= 11 is 0. The van der Waals surface area contributed by atoms with Crippen LogP contribution in [0.3, 0.4) is 0 Å². The summed E-state index contributed by atoms with van der Waals surface area (Å²) in [5.74, 6) is -1.44. The molecule has 166 valence electrons. The van der Waals surface area contributed by atoms with Gasteiger partial charge in [0, 0.05) is 31.1 Å². The van der Waals surface area contributed by atoms with Gasteiger partial charge >= 0.3 is 6.03 Å². The normalized spacial score (nSPS) is 14.7. The molecule has 2 aromatic carbocycles. The van der Waals surface area contributed by atoms with Crippen LogP contribution < -0.4 is 10.2 Å². The lowest BCUT2D eigenvalue weighted by Crippen LogP contribution is -2.49. The molecule has 5 nitrogen and oxygen atoms in total. The molecule has 1 fully saturated rings. The van der Waals surface area contributed by atoms with Crippen molar-refractivity contribution < 1.29 is 18.4 Å². The summed E-state index contributed by atoms with van der Waals surface area (Å²) < 4.78 is 27.3. The van der Waals surface area contributed by atoms with E-state index in [-0.39, 0.29) is 29.5 Å². The molecule has 0 radical (unpaired) electrons. The van der Waals surface area contributed by atoms with Crippen molar-refractivity contribution in [3.8, 4) is 0 Å². The van der Waals surface area contributed by atoms with Crippen molar-refractivity contribution >= 4 is 23.3 Å². The molecule has 0 atom stereocenters. The molecule has 1 heterocycles. The number of halogens is 2. The van der Waals surface area contributed by atoms with Crippen LogP contribution in [0.5, 0.6) is 0 Å². The Hall–Kier alpha value is -2.96. The van der Waals surface area contributed by atoms with Crippen molar-refractivity contribution in [3.63, 3.8) is 0 Å². The summed E-state index contributed by atoms with van der Waals surface area (Å²) in [7, 11) is 0. The quantitative estimate of drug-likeness (QED) is 0.684. The average molecular weight is 430 g/mol. The number of nitrogens with zero attached hydrogens (tertiary/aromatic N) is 2. The fraction of sp³-hybridized carbons (Fsp3) is 0.417. The van der Waals surface area contributed by atoms with Gasteiger partial charge < -0.3 is 10.2 Å². The molecule has 3 rings (SSSR count). The standard InChI is InChI=1S/C24H29F2N3O2/c1-16-6-9-21(20(12-16)27-22(30)14-24(2,3)4)29-11-5-10-28(23(29)31)15-17-7-8-18(25)13-19(17)26/h6-9,12-13H,5,10-11,14-15H2,1-4H3,(H,27,30). The van der Waals surface area contributed by atoms with Crippen LogP contribution in [-0.4, -0.2) is 29.9 Å². The Labute approximate surface area is 182 Å². The van der Waals surface area contributed by atoms with Gasteiger partial charge in [-0.05, 0) is 42.5 Å². The van der Waals surface area contributed by atoms with Crippen LogP contribution in [0.25, 0.3) is 0 Å². The maximum Gasteiger partial charge on any atom is 0.324 e. The van der Waals surface area contributed by atoms with Crippen LogP contribution in [0.15, 0.2) is 36.4 Å². The predicted octanol–water partition coefficient (Wildman–Crippen LogP) is 5.48. The molecule has 1 aliphatic rings. The van der Waals surface area contributed by atoms with Crippen molar-refractivity contribution in [2.24, 2.45) is 5.41 Å². The van der Waals surface area contributed by atoms with Gasteiger partial charge in [0.25, 0.3) is 0 Å². The predicted molar refractivity (Wildman–Crippen MR) is 118 cm³/mol. The maximum absolute atomic E-state index is 14.1. The molecule has 0 saturated carbocycles. The lowest BCUT2D eigenvalue weighted by Gasteiger charge is -2.36. The SMILES string of the molecule is Cc1ccc(N2CCCN(Cc3ccc(F)cc3F)C2=O)c(NC(=O)CC(C)(C)C)c1. The highest BCUT2D eigenvalue weighted by atomic mass is 19.1. The average Bonchev–Trinajstić information content (AvgIpc) is 2.64. The first-order chi connectivity index (χ1) is 14.5. The van der Waals surface area contributed by atoms with Gasteiger partial charge in [0.1, 0.15) is 11.6 Å². The Bertz CT molecular complexity index is 985. The summed E-state index contributed by atoms with van der Waals surface area (Å²) in [4.78, 5) is 28.9. The fourth-order valence-electron chi connectivity index (χ4n) is 3.67. The second-order valence-electron chi connectivity index (χ2n) is 9.25. The lowest BCUT2D eigenvalue weighted by molar-refractivity contribution is -0.117. The molecule has 0 aromatic heterocycles. The van der Waals surface area contributed by atoms with Crippen LogP contribution in [-0.2, 0) is 11.3 Å². The van der Waals surface area contributed by atoms with E-state index in [4.69, 9.17) is 0 Å². The van der Waals surface area contributed by atoms with E-state index in [0.717, 1.165) is 11.6 Å². The Morgan fingerprint density at radius 3 is 2.52 bits per heavy atom. The fourth-order valence-corrected chi connectivity index (χ4v) is 3.67. The third-order valence-electron chi connectivity index (χ3n) is 5.10. The topological polar surface area (TPSA) is 52.6 Å². The van der Waals surface area contributed by atoms with E-state index < -0.39 is 11.6 Å². The lowest BCUT2D eigenvalue weighted by atomic mass is 9.92. The summed E-state index contributed by atoms with van der Waals surface area (Å²) in [6, 6.07) is 8.66. The van der Waals surface area contributed by atoms with Crippen LogP contribution in [0.1, 0.15) is 44.7 Å². The van der Waals surface area contributed by atoms with Crippen LogP contribution >= 0.6 is 0 Å². The molecule has 0 spiro atoms. The highest BCUT2D eigenvalue weighted by Crippen LogP contribution is 2.31. The summed E-state index contributed by atoms with van der Waals surface area (Å²) in [6.45, 7) is 8.92. The molecular formula is C24H29F2N3O2. The first kappa shape index (κ1) is 22.7. The largest absolute Gasteiger partial charge is 0.324 e. The van der Waals surface area contributed by atoms with Crippen molar-refractivity contribution in [1.29, 1.82) is 0 Å². The third kappa shape index (κ3) is 5.81. The first-order valence-electron chi connectivity index (χ1n) is 10.4. The van der Waals surface area contributed by atoms with E-state index in [1.807, 2.05) is 45.9 Å². The zero-order valence-electron chi connectivity index (χ0n) is 18.5.